The van der Waals surface area contributed by atoms with Crippen molar-refractivity contribution < 1.29 is 57.8 Å². The minimum Gasteiger partial charge on any atom is -0.395 e. The van der Waals surface area contributed by atoms with Gasteiger partial charge in [-0.1, -0.05) is 0 Å². The van der Waals surface area contributed by atoms with E-state index in [1.54, 1.807) is 0 Å². The molecule has 15 nitrogen and oxygen atoms in total. The molecule has 0 saturated heterocycles. The van der Waals surface area contributed by atoms with Crippen LogP contribution in [0.2, 0.25) is 0 Å². The molecular weight excluding hydrogens is 568 g/mol. The lowest BCUT2D eigenvalue weighted by Crippen LogP contribution is -2.23. The maximum atomic E-state index is 12.6. The number of hydrogen-bond acceptors (Lipinski definition) is 11. The van der Waals surface area contributed by atoms with Gasteiger partial charge in [0, 0.05) is 0 Å². The monoisotopic (exact) mass is 588 g/mol. The minimum absolute atomic E-state index is 0.546. The number of rotatable bonds is 10. The third-order valence-electron chi connectivity index (χ3n) is 4.39. The lowest BCUT2D eigenvalue weighted by atomic mass is 10.3. The summed E-state index contributed by atoms with van der Waals surface area (Å²) in [5.74, 6) is -1.51. The Hall–Kier alpha value is -2.65. The average molecular weight is 589 g/mol. The highest BCUT2D eigenvalue weighted by Gasteiger charge is 2.25. The van der Waals surface area contributed by atoms with Gasteiger partial charge in [-0.3, -0.25) is 9.11 Å². The van der Waals surface area contributed by atoms with Crippen LogP contribution in [0.5, 0.6) is 0 Å². The Balaban J connectivity index is 2.56. The predicted octanol–water partition coefficient (Wildman–Crippen LogP) is -0.644. The summed E-state index contributed by atoms with van der Waals surface area (Å²) in [6.07, 6.45) is 0. The molecule has 0 unspecified atom stereocenters. The number of benzene rings is 2. The normalized spacial score (nSPS) is 12.8. The molecular formula is C17H20N2O13S4. The van der Waals surface area contributed by atoms with Gasteiger partial charge >= 0.3 is 6.03 Å². The highest BCUT2D eigenvalue weighted by molar-refractivity contribution is 7.91. The first-order valence-electron chi connectivity index (χ1n) is 9.40. The molecule has 0 heterocycles. The number of carbonyl (C=O) groups excluding carboxylic acids is 1. The predicted molar refractivity (Wildman–Crippen MR) is 123 cm³/mol. The molecule has 0 atom stereocenters. The van der Waals surface area contributed by atoms with Crippen molar-refractivity contribution in [1.29, 1.82) is 0 Å². The number of aliphatic hydroxyl groups excluding tert-OH is 2. The highest BCUT2D eigenvalue weighted by Crippen LogP contribution is 2.28. The lowest BCUT2D eigenvalue weighted by Gasteiger charge is -2.14. The summed E-state index contributed by atoms with van der Waals surface area (Å²) in [5, 5.41) is 21.6. The quantitative estimate of drug-likeness (QED) is 0.189. The Morgan fingerprint density at radius 2 is 0.972 bits per heavy atom. The van der Waals surface area contributed by atoms with Crippen LogP contribution in [0.15, 0.2) is 56.0 Å². The summed E-state index contributed by atoms with van der Waals surface area (Å²) in [5.41, 5.74) is -1.54. The van der Waals surface area contributed by atoms with E-state index < -0.39 is 102 Å². The van der Waals surface area contributed by atoms with Crippen LogP contribution in [0.25, 0.3) is 0 Å². The van der Waals surface area contributed by atoms with Crippen LogP contribution in [-0.4, -0.2) is 83.7 Å². The molecule has 2 amide bonds. The molecule has 0 radical (unpaired) electrons. The summed E-state index contributed by atoms with van der Waals surface area (Å²) in [6, 6.07) is 2.77. The maximum Gasteiger partial charge on any atom is 0.323 e. The van der Waals surface area contributed by atoms with Crippen molar-refractivity contribution in [3.63, 3.8) is 0 Å². The van der Waals surface area contributed by atoms with E-state index in [1.807, 2.05) is 10.6 Å². The molecule has 0 aliphatic heterocycles. The van der Waals surface area contributed by atoms with E-state index in [0.717, 1.165) is 12.1 Å². The molecule has 200 valence electrons. The van der Waals surface area contributed by atoms with E-state index in [1.165, 1.54) is 0 Å². The largest absolute Gasteiger partial charge is 0.395 e. The van der Waals surface area contributed by atoms with Crippen LogP contribution in [-0.2, 0) is 39.9 Å². The molecule has 2 aromatic rings. The fourth-order valence-corrected chi connectivity index (χ4v) is 6.16. The van der Waals surface area contributed by atoms with Gasteiger partial charge in [0.1, 0.15) is 9.79 Å². The number of urea groups is 1. The van der Waals surface area contributed by atoms with Gasteiger partial charge in [0.15, 0.2) is 19.7 Å². The van der Waals surface area contributed by atoms with Gasteiger partial charge in [-0.2, -0.15) is 16.8 Å². The first kappa shape index (κ1) is 29.6. The Morgan fingerprint density at radius 1 is 0.639 bits per heavy atom. The van der Waals surface area contributed by atoms with Crippen molar-refractivity contribution in [3.8, 4) is 0 Å². The van der Waals surface area contributed by atoms with Crippen molar-refractivity contribution in [3.05, 3.63) is 36.4 Å². The zero-order valence-corrected chi connectivity index (χ0v) is 21.2. The van der Waals surface area contributed by atoms with Crippen LogP contribution in [0.4, 0.5) is 16.2 Å². The molecule has 19 heteroatoms. The number of nitrogens with one attached hydrogen (secondary N) is 2. The average Bonchev–Trinajstić information content (AvgIpc) is 2.72. The SMILES string of the molecule is O=C(Nc1cc(S(=O)(=O)CCO)ccc1S(=O)(=O)O)Nc1cc(S(=O)(=O)CCO)ccc1S(=O)(=O)O. The molecule has 0 aromatic heterocycles. The van der Waals surface area contributed by atoms with Gasteiger partial charge < -0.3 is 20.8 Å². The first-order valence-corrected chi connectivity index (χ1v) is 15.6. The van der Waals surface area contributed by atoms with Crippen LogP contribution in [0.3, 0.4) is 0 Å². The molecule has 0 bridgehead atoms. The molecule has 0 aliphatic carbocycles. The molecule has 0 fully saturated rings. The van der Waals surface area contributed by atoms with Crippen molar-refractivity contribution in [2.24, 2.45) is 0 Å². The van der Waals surface area contributed by atoms with E-state index in [9.17, 15) is 47.6 Å². The zero-order valence-electron chi connectivity index (χ0n) is 17.9. The molecule has 0 aliphatic rings. The van der Waals surface area contributed by atoms with Crippen LogP contribution in [0, 0.1) is 0 Å². The fourth-order valence-electron chi connectivity index (χ4n) is 2.80. The number of hydrogen-bond donors (Lipinski definition) is 6. The molecule has 0 saturated carbocycles. The highest BCUT2D eigenvalue weighted by atomic mass is 32.2. The van der Waals surface area contributed by atoms with Gasteiger partial charge in [0.05, 0.1) is 45.9 Å². The minimum atomic E-state index is -5.02. The third-order valence-corrected chi connectivity index (χ3v) is 9.60. The number of carbonyl (C=O) groups is 1. The molecule has 0 spiro atoms. The molecule has 2 aromatic carbocycles. The van der Waals surface area contributed by atoms with Crippen LogP contribution in [0.1, 0.15) is 0 Å². The topological polar surface area (TPSA) is 259 Å². The second-order valence-corrected chi connectivity index (χ2v) is 13.9. The van der Waals surface area contributed by atoms with Crippen LogP contribution >= 0.6 is 0 Å². The first-order chi connectivity index (χ1) is 16.4. The standard InChI is InChI=1S/C17H20N2O13S4/c20-5-7-33(23,24)11-1-3-15(35(27,28)29)13(9-11)18-17(22)19-14-10-12(34(25,26)8-6-21)2-4-16(14)36(30,31)32/h1-4,9-10,20-21H,5-8H2,(H2,18,19,22)(H,27,28,29)(H,30,31,32). The van der Waals surface area contributed by atoms with E-state index in [-0.39, 0.29) is 0 Å². The van der Waals surface area contributed by atoms with Gasteiger partial charge in [0.2, 0.25) is 0 Å². The molecule has 6 N–H and O–H groups in total. The van der Waals surface area contributed by atoms with E-state index in [0.29, 0.717) is 24.3 Å². The van der Waals surface area contributed by atoms with Gasteiger partial charge in [0.25, 0.3) is 20.2 Å². The second-order valence-electron chi connectivity index (χ2n) is 6.93. The fraction of sp³-hybridized carbons (Fsp3) is 0.235. The Kier molecular flexibility index (Phi) is 8.84. The summed E-state index contributed by atoms with van der Waals surface area (Å²) in [6.45, 7) is -1.56. The summed E-state index contributed by atoms with van der Waals surface area (Å²) in [4.78, 5) is 9.57. The Labute approximate surface area is 206 Å². The summed E-state index contributed by atoms with van der Waals surface area (Å²) < 4.78 is 114. The third kappa shape index (κ3) is 7.20. The summed E-state index contributed by atoms with van der Waals surface area (Å²) >= 11 is 0. The smallest absolute Gasteiger partial charge is 0.323 e. The van der Waals surface area contributed by atoms with Gasteiger partial charge in [-0.15, -0.1) is 0 Å². The summed E-state index contributed by atoms with van der Waals surface area (Å²) in [7, 11) is -18.3. The van der Waals surface area contributed by atoms with E-state index in [4.69, 9.17) is 10.2 Å². The number of sulfone groups is 2. The van der Waals surface area contributed by atoms with Crippen LogP contribution < -0.4 is 10.6 Å². The second kappa shape index (κ2) is 10.8. The number of anilines is 2. The van der Waals surface area contributed by atoms with E-state index >= 15 is 0 Å². The van der Waals surface area contributed by atoms with Crippen molar-refractivity contribution >= 4 is 57.3 Å². The lowest BCUT2D eigenvalue weighted by molar-refractivity contribution is 0.262. The van der Waals surface area contributed by atoms with Gasteiger partial charge in [-0.25, -0.2) is 21.6 Å². The van der Waals surface area contributed by atoms with Crippen molar-refractivity contribution in [2.45, 2.75) is 19.6 Å². The van der Waals surface area contributed by atoms with Gasteiger partial charge in [-0.05, 0) is 36.4 Å². The molecule has 36 heavy (non-hydrogen) atoms. The molecule has 2 rings (SSSR count). The maximum absolute atomic E-state index is 12.6. The Bertz CT molecular complexity index is 1480. The number of amides is 2. The van der Waals surface area contributed by atoms with E-state index in [2.05, 4.69) is 0 Å². The van der Waals surface area contributed by atoms with Crippen molar-refractivity contribution in [1.82, 2.24) is 0 Å². The van der Waals surface area contributed by atoms with Crippen molar-refractivity contribution in [2.75, 3.05) is 35.4 Å². The number of aliphatic hydroxyl groups is 2. The Morgan fingerprint density at radius 3 is 1.25 bits per heavy atom. The zero-order chi connectivity index (χ0) is 27.5.